The first-order valence-electron chi connectivity index (χ1n) is 7.48. The van der Waals surface area contributed by atoms with Crippen molar-refractivity contribution >= 4 is 38.9 Å². The Morgan fingerprint density at radius 3 is 2.74 bits per heavy atom. The number of Topliss-reactive ketones (excluding diaryl/α,β-unsaturated/α-hetero) is 1. The molecule has 1 atom stereocenters. The van der Waals surface area contributed by atoms with Gasteiger partial charge in [-0.3, -0.25) is 4.79 Å². The summed E-state index contributed by atoms with van der Waals surface area (Å²) in [7, 11) is 0. The van der Waals surface area contributed by atoms with Crippen LogP contribution in [0.25, 0.3) is 0 Å². The summed E-state index contributed by atoms with van der Waals surface area (Å²) in [6.45, 7) is 8.00. The molecule has 0 fully saturated rings. The van der Waals surface area contributed by atoms with Crippen molar-refractivity contribution in [2.75, 3.05) is 4.90 Å². The Hall–Kier alpha value is -2.20. The van der Waals surface area contributed by atoms with E-state index in [1.165, 1.54) is 0 Å². The zero-order valence-corrected chi connectivity index (χ0v) is 14.5. The third kappa shape index (κ3) is 1.81. The molecule has 0 aliphatic carbocycles. The van der Waals surface area contributed by atoms with E-state index >= 15 is 0 Å². The fourth-order valence-corrected chi connectivity index (χ4v) is 3.87. The standard InChI is InChI=1S/C19H15BrN2O/c1-4-13-12-7-5-6-11(3)17(12)21-19-18(23)15-14(22(13)19)9-8-10(2)16(15)20/h4-9,13H,1H2,2-3H3/t13-/m0/s1. The number of aliphatic imine (C=N–C) groups is 1. The Bertz CT molecular complexity index is 914. The minimum absolute atomic E-state index is 0.0312. The highest BCUT2D eigenvalue weighted by Crippen LogP contribution is 2.46. The maximum absolute atomic E-state index is 12.9. The van der Waals surface area contributed by atoms with E-state index in [2.05, 4.69) is 28.6 Å². The third-order valence-electron chi connectivity index (χ3n) is 4.54. The fraction of sp³-hybridized carbons (Fsp3) is 0.158. The van der Waals surface area contributed by atoms with Crippen molar-refractivity contribution in [3.63, 3.8) is 0 Å². The number of fused-ring (bicyclic) bond motifs is 4. The summed E-state index contributed by atoms with van der Waals surface area (Å²) in [5, 5.41) is 0. The van der Waals surface area contributed by atoms with E-state index in [0.29, 0.717) is 11.4 Å². The summed E-state index contributed by atoms with van der Waals surface area (Å²) in [5.74, 6) is 0.453. The Balaban J connectivity index is 2.04. The van der Waals surface area contributed by atoms with Crippen LogP contribution in [0.15, 0.2) is 52.5 Å². The second kappa shape index (κ2) is 4.90. The van der Waals surface area contributed by atoms with Crippen molar-refractivity contribution in [1.29, 1.82) is 0 Å². The molecule has 23 heavy (non-hydrogen) atoms. The molecule has 0 spiro atoms. The predicted molar refractivity (Wildman–Crippen MR) is 96.9 cm³/mol. The van der Waals surface area contributed by atoms with Crippen molar-refractivity contribution in [1.82, 2.24) is 0 Å². The molecule has 0 saturated carbocycles. The summed E-state index contributed by atoms with van der Waals surface area (Å²) in [5.41, 5.74) is 5.67. The van der Waals surface area contributed by atoms with E-state index < -0.39 is 0 Å². The molecule has 0 bridgehead atoms. The monoisotopic (exact) mass is 366 g/mol. The molecule has 4 heteroatoms. The molecule has 2 heterocycles. The number of ketones is 1. The fourth-order valence-electron chi connectivity index (χ4n) is 3.36. The van der Waals surface area contributed by atoms with Gasteiger partial charge < -0.3 is 4.90 Å². The highest BCUT2D eigenvalue weighted by molar-refractivity contribution is 9.10. The second-order valence-corrected chi connectivity index (χ2v) is 6.71. The smallest absolute Gasteiger partial charge is 0.231 e. The number of rotatable bonds is 1. The molecule has 0 unspecified atom stereocenters. The van der Waals surface area contributed by atoms with Crippen molar-refractivity contribution in [3.8, 4) is 0 Å². The number of nitrogens with zero attached hydrogens (tertiary/aromatic N) is 2. The molecule has 2 aromatic rings. The van der Waals surface area contributed by atoms with Gasteiger partial charge in [0.2, 0.25) is 5.78 Å². The molecular weight excluding hydrogens is 352 g/mol. The zero-order chi connectivity index (χ0) is 16.3. The molecule has 0 radical (unpaired) electrons. The number of benzene rings is 2. The highest BCUT2D eigenvalue weighted by atomic mass is 79.9. The van der Waals surface area contributed by atoms with Gasteiger partial charge in [0, 0.05) is 10.0 Å². The number of anilines is 1. The summed E-state index contributed by atoms with van der Waals surface area (Å²) >= 11 is 3.57. The molecule has 0 saturated heterocycles. The van der Waals surface area contributed by atoms with Gasteiger partial charge in [-0.05, 0) is 47.0 Å². The highest BCUT2D eigenvalue weighted by Gasteiger charge is 2.42. The van der Waals surface area contributed by atoms with Crippen LogP contribution in [0.3, 0.4) is 0 Å². The summed E-state index contributed by atoms with van der Waals surface area (Å²) < 4.78 is 0.848. The lowest BCUT2D eigenvalue weighted by atomic mass is 9.98. The topological polar surface area (TPSA) is 32.7 Å². The van der Waals surface area contributed by atoms with Crippen LogP contribution in [0.4, 0.5) is 11.4 Å². The molecule has 2 aliphatic rings. The molecule has 4 rings (SSSR count). The van der Waals surface area contributed by atoms with Crippen LogP contribution in [0.5, 0.6) is 0 Å². The predicted octanol–water partition coefficient (Wildman–Crippen LogP) is 5.04. The van der Waals surface area contributed by atoms with Gasteiger partial charge in [0.1, 0.15) is 0 Å². The van der Waals surface area contributed by atoms with Crippen LogP contribution in [0.2, 0.25) is 0 Å². The third-order valence-corrected chi connectivity index (χ3v) is 5.56. The maximum Gasteiger partial charge on any atom is 0.231 e. The Morgan fingerprint density at radius 2 is 2.00 bits per heavy atom. The van der Waals surface area contributed by atoms with Crippen LogP contribution in [0, 0.1) is 13.8 Å². The molecule has 3 nitrogen and oxygen atoms in total. The van der Waals surface area contributed by atoms with Crippen molar-refractivity contribution in [3.05, 3.63) is 69.7 Å². The van der Waals surface area contributed by atoms with E-state index in [-0.39, 0.29) is 11.8 Å². The van der Waals surface area contributed by atoms with Gasteiger partial charge in [0.15, 0.2) is 5.84 Å². The Morgan fingerprint density at radius 1 is 1.22 bits per heavy atom. The number of hydrogen-bond acceptors (Lipinski definition) is 3. The molecule has 0 N–H and O–H groups in total. The van der Waals surface area contributed by atoms with Gasteiger partial charge in [-0.25, -0.2) is 4.99 Å². The Labute approximate surface area is 143 Å². The van der Waals surface area contributed by atoms with Gasteiger partial charge in [-0.1, -0.05) is 30.3 Å². The lowest BCUT2D eigenvalue weighted by Gasteiger charge is -2.32. The zero-order valence-electron chi connectivity index (χ0n) is 12.9. The van der Waals surface area contributed by atoms with E-state index in [4.69, 9.17) is 4.99 Å². The van der Waals surface area contributed by atoms with E-state index in [9.17, 15) is 4.79 Å². The quantitative estimate of drug-likeness (QED) is 0.662. The number of para-hydroxylation sites is 1. The van der Waals surface area contributed by atoms with Crippen LogP contribution >= 0.6 is 15.9 Å². The summed E-state index contributed by atoms with van der Waals surface area (Å²) in [6.07, 6.45) is 1.88. The second-order valence-electron chi connectivity index (χ2n) is 5.92. The normalized spacial score (nSPS) is 18.2. The van der Waals surface area contributed by atoms with Gasteiger partial charge in [-0.15, -0.1) is 6.58 Å². The van der Waals surface area contributed by atoms with Gasteiger partial charge in [0.25, 0.3) is 0 Å². The number of amidine groups is 1. The van der Waals surface area contributed by atoms with Crippen molar-refractivity contribution < 1.29 is 4.79 Å². The van der Waals surface area contributed by atoms with Crippen LogP contribution < -0.4 is 4.90 Å². The average Bonchev–Trinajstić information content (AvgIpc) is 2.83. The Kier molecular flexibility index (Phi) is 3.07. The van der Waals surface area contributed by atoms with Crippen LogP contribution in [0.1, 0.15) is 33.1 Å². The van der Waals surface area contributed by atoms with Crippen molar-refractivity contribution in [2.24, 2.45) is 4.99 Å². The van der Waals surface area contributed by atoms with E-state index in [1.807, 2.05) is 49.1 Å². The lowest BCUT2D eigenvalue weighted by molar-refractivity contribution is 0.106. The number of hydrogen-bond donors (Lipinski definition) is 0. The van der Waals surface area contributed by atoms with Crippen molar-refractivity contribution in [2.45, 2.75) is 19.9 Å². The first kappa shape index (κ1) is 14.4. The number of halogens is 1. The minimum atomic E-state index is -0.0859. The molecule has 114 valence electrons. The molecule has 0 amide bonds. The average molecular weight is 367 g/mol. The SMILES string of the molecule is C=C[C@H]1c2cccc(C)c2N=C2C(=O)c3c(ccc(C)c3Br)N21. The molecule has 2 aromatic carbocycles. The van der Waals surface area contributed by atoms with Gasteiger partial charge in [-0.2, -0.15) is 0 Å². The first-order chi connectivity index (χ1) is 11.0. The lowest BCUT2D eigenvalue weighted by Crippen LogP contribution is -2.35. The van der Waals surface area contributed by atoms with E-state index in [1.54, 1.807) is 0 Å². The molecule has 2 aliphatic heterocycles. The first-order valence-corrected chi connectivity index (χ1v) is 8.27. The molecular formula is C19H15BrN2O. The van der Waals surface area contributed by atoms with Gasteiger partial charge in [0.05, 0.1) is 23.0 Å². The summed E-state index contributed by atoms with van der Waals surface area (Å²) in [4.78, 5) is 19.6. The molecule has 0 aromatic heterocycles. The minimum Gasteiger partial charge on any atom is -0.311 e. The van der Waals surface area contributed by atoms with Gasteiger partial charge >= 0.3 is 0 Å². The largest absolute Gasteiger partial charge is 0.311 e. The van der Waals surface area contributed by atoms with Crippen LogP contribution in [-0.4, -0.2) is 11.6 Å². The van der Waals surface area contributed by atoms with Crippen LogP contribution in [-0.2, 0) is 0 Å². The number of carbonyl (C=O) groups excluding carboxylic acids is 1. The summed E-state index contributed by atoms with van der Waals surface area (Å²) in [6, 6.07) is 10.0. The maximum atomic E-state index is 12.9. The number of carbonyl (C=O) groups is 1. The van der Waals surface area contributed by atoms with E-state index in [0.717, 1.165) is 32.5 Å². The number of aryl methyl sites for hydroxylation is 2.